The van der Waals surface area contributed by atoms with E-state index in [1.807, 2.05) is 24.1 Å². The number of anilines is 1. The minimum absolute atomic E-state index is 0.00119. The zero-order valence-corrected chi connectivity index (χ0v) is 22.9. The number of hydrogen-bond donors (Lipinski definition) is 1. The maximum absolute atomic E-state index is 13.5. The van der Waals surface area contributed by atoms with Crippen LogP contribution in [0.5, 0.6) is 5.75 Å². The fraction of sp³-hybridized carbons (Fsp3) is 0.273. The summed E-state index contributed by atoms with van der Waals surface area (Å²) in [5, 5.41) is 0.533. The number of nitrogens with one attached hydrogen (secondary N) is 1. The van der Waals surface area contributed by atoms with Crippen molar-refractivity contribution in [3.05, 3.63) is 63.6 Å². The van der Waals surface area contributed by atoms with Crippen LogP contribution in [0.1, 0.15) is 12.0 Å². The van der Waals surface area contributed by atoms with Gasteiger partial charge in [0.05, 0.1) is 20.5 Å². The molecule has 13 heteroatoms. The van der Waals surface area contributed by atoms with Crippen molar-refractivity contribution in [2.24, 2.45) is 0 Å². The molecule has 1 unspecified atom stereocenters. The van der Waals surface area contributed by atoms with Gasteiger partial charge in [-0.2, -0.15) is 13.2 Å². The predicted octanol–water partition coefficient (Wildman–Crippen LogP) is 7.22. The maximum atomic E-state index is 13.5. The van der Waals surface area contributed by atoms with Crippen LogP contribution in [0.4, 0.5) is 18.9 Å². The molecule has 0 radical (unpaired) electrons. The average molecular weight is 628 g/mol. The van der Waals surface area contributed by atoms with Crippen LogP contribution >= 0.6 is 50.6 Å². The lowest BCUT2D eigenvalue weighted by molar-refractivity contribution is -0.139. The van der Waals surface area contributed by atoms with Crippen LogP contribution in [0.15, 0.2) is 66.3 Å². The molecule has 188 valence electrons. The van der Waals surface area contributed by atoms with Crippen molar-refractivity contribution in [3.8, 4) is 5.75 Å². The third-order valence-corrected chi connectivity index (χ3v) is 11.0. The van der Waals surface area contributed by atoms with Crippen LogP contribution in [0.3, 0.4) is 0 Å². The Labute approximate surface area is 222 Å². The minimum atomic E-state index is -4.64. The Balaban J connectivity index is 1.58. The summed E-state index contributed by atoms with van der Waals surface area (Å²) in [6.45, 7) is 1.20. The molecule has 1 aliphatic heterocycles. The summed E-state index contributed by atoms with van der Waals surface area (Å²) < 4.78 is 76.0. The molecule has 0 saturated carbocycles. The molecule has 1 aliphatic rings. The fourth-order valence-corrected chi connectivity index (χ4v) is 8.40. The van der Waals surface area contributed by atoms with Crippen LogP contribution < -0.4 is 9.46 Å². The monoisotopic (exact) mass is 626 g/mol. The highest BCUT2D eigenvalue weighted by Gasteiger charge is 2.36. The van der Waals surface area contributed by atoms with Gasteiger partial charge >= 0.3 is 6.18 Å². The van der Waals surface area contributed by atoms with E-state index in [1.165, 1.54) is 17.8 Å². The first-order valence-electron chi connectivity index (χ1n) is 10.2. The van der Waals surface area contributed by atoms with E-state index in [2.05, 4.69) is 20.7 Å². The van der Waals surface area contributed by atoms with Gasteiger partial charge in [-0.25, -0.2) is 8.42 Å². The highest BCUT2D eigenvalue weighted by Crippen LogP contribution is 2.44. The molecule has 4 rings (SSSR count). The van der Waals surface area contributed by atoms with E-state index in [1.54, 1.807) is 12.1 Å². The second-order valence-electron chi connectivity index (χ2n) is 7.84. The number of ether oxygens (including phenoxy) is 1. The molecule has 0 spiro atoms. The van der Waals surface area contributed by atoms with E-state index in [0.717, 1.165) is 34.4 Å². The highest BCUT2D eigenvalue weighted by molar-refractivity contribution is 9.10. The zero-order chi connectivity index (χ0) is 25.4. The van der Waals surface area contributed by atoms with Gasteiger partial charge in [-0.1, -0.05) is 35.5 Å². The average Bonchev–Trinajstić information content (AvgIpc) is 3.34. The first-order chi connectivity index (χ1) is 16.4. The Kier molecular flexibility index (Phi) is 7.99. The molecule has 1 saturated heterocycles. The van der Waals surface area contributed by atoms with E-state index in [4.69, 9.17) is 16.3 Å². The summed E-state index contributed by atoms with van der Waals surface area (Å²) in [5.74, 6) is -0.402. The summed E-state index contributed by atoms with van der Waals surface area (Å²) >= 11 is 11.9. The van der Waals surface area contributed by atoms with Crippen LogP contribution in [-0.4, -0.2) is 39.6 Å². The van der Waals surface area contributed by atoms with Crippen LogP contribution in [0.2, 0.25) is 5.02 Å². The van der Waals surface area contributed by atoms with Crippen molar-refractivity contribution in [3.63, 3.8) is 0 Å². The Bertz CT molecular complexity index is 1330. The lowest BCUT2D eigenvalue weighted by Gasteiger charge is -2.19. The van der Waals surface area contributed by atoms with Crippen molar-refractivity contribution < 1.29 is 26.3 Å². The van der Waals surface area contributed by atoms with Gasteiger partial charge in [-0.05, 0) is 59.7 Å². The Morgan fingerprint density at radius 3 is 2.63 bits per heavy atom. The van der Waals surface area contributed by atoms with Crippen molar-refractivity contribution >= 4 is 66.3 Å². The van der Waals surface area contributed by atoms with E-state index < -0.39 is 33.6 Å². The lowest BCUT2D eigenvalue weighted by Crippen LogP contribution is -2.23. The van der Waals surface area contributed by atoms with Crippen molar-refractivity contribution in [1.29, 1.82) is 0 Å². The van der Waals surface area contributed by atoms with Crippen molar-refractivity contribution in [2.75, 3.05) is 24.9 Å². The molecule has 0 bridgehead atoms. The molecule has 1 atom stereocenters. The highest BCUT2D eigenvalue weighted by atomic mass is 79.9. The van der Waals surface area contributed by atoms with E-state index in [9.17, 15) is 21.6 Å². The molecule has 0 aliphatic carbocycles. The Hall–Kier alpha value is -1.44. The molecular weight excluding hydrogens is 609 g/mol. The normalized spacial score (nSPS) is 17.0. The molecule has 1 fully saturated rings. The number of likely N-dealkylation sites (tertiary alicyclic amines) is 1. The third kappa shape index (κ3) is 6.47. The largest absolute Gasteiger partial charge is 0.488 e. The third-order valence-electron chi connectivity index (χ3n) is 5.12. The standard InChI is InChI=1S/C22H19BrClF3N2O3S3/c1-29-9-8-14(12-29)32-18-10-13(6-7-15(18)22(25,26)27)28-35(30,31)20-11-16(23)21(34-20)33-19-5-3-2-4-17(19)24/h2-7,10-11,14,28H,8-9,12H2,1H3. The van der Waals surface area contributed by atoms with Gasteiger partial charge in [0.15, 0.2) is 0 Å². The number of halogens is 5. The molecule has 1 aromatic heterocycles. The molecular formula is C22H19BrClF3N2O3S3. The summed E-state index contributed by atoms with van der Waals surface area (Å²) in [6, 6.07) is 11.6. The quantitative estimate of drug-likeness (QED) is 0.300. The topological polar surface area (TPSA) is 58.6 Å². The summed E-state index contributed by atoms with van der Waals surface area (Å²) in [5.41, 5.74) is -0.975. The van der Waals surface area contributed by atoms with Gasteiger partial charge in [0.1, 0.15) is 16.1 Å². The summed E-state index contributed by atoms with van der Waals surface area (Å²) in [7, 11) is -2.21. The number of nitrogens with zero attached hydrogens (tertiary/aromatic N) is 1. The maximum Gasteiger partial charge on any atom is 0.419 e. The van der Waals surface area contributed by atoms with Gasteiger partial charge in [0.2, 0.25) is 0 Å². The Morgan fingerprint density at radius 1 is 1.23 bits per heavy atom. The summed E-state index contributed by atoms with van der Waals surface area (Å²) in [4.78, 5) is 2.72. The molecule has 0 amide bonds. The molecule has 35 heavy (non-hydrogen) atoms. The van der Waals surface area contributed by atoms with Crippen LogP contribution in [0, 0.1) is 0 Å². The lowest BCUT2D eigenvalue weighted by atomic mass is 10.1. The molecule has 3 aromatic rings. The number of rotatable bonds is 7. The van der Waals surface area contributed by atoms with Gasteiger partial charge in [0.25, 0.3) is 10.0 Å². The predicted molar refractivity (Wildman–Crippen MR) is 136 cm³/mol. The first-order valence-corrected chi connectivity index (χ1v) is 14.5. The smallest absolute Gasteiger partial charge is 0.419 e. The van der Waals surface area contributed by atoms with Gasteiger partial charge in [-0.3, -0.25) is 4.72 Å². The van der Waals surface area contributed by atoms with Gasteiger partial charge in [-0.15, -0.1) is 11.3 Å². The molecule has 5 nitrogen and oxygen atoms in total. The second-order valence-corrected chi connectivity index (χ2v) is 13.4. The van der Waals surface area contributed by atoms with Gasteiger partial charge in [0, 0.05) is 28.5 Å². The van der Waals surface area contributed by atoms with E-state index in [-0.39, 0.29) is 9.90 Å². The van der Waals surface area contributed by atoms with E-state index in [0.29, 0.717) is 33.2 Å². The number of thiophene rings is 1. The van der Waals surface area contributed by atoms with Crippen molar-refractivity contribution in [2.45, 2.75) is 32.0 Å². The van der Waals surface area contributed by atoms with Crippen LogP contribution in [0.25, 0.3) is 0 Å². The number of likely N-dealkylation sites (N-methyl/N-ethyl adjacent to an activating group) is 1. The minimum Gasteiger partial charge on any atom is -0.488 e. The number of sulfonamides is 1. The van der Waals surface area contributed by atoms with Crippen LogP contribution in [-0.2, 0) is 16.2 Å². The fourth-order valence-electron chi connectivity index (χ4n) is 3.45. The SMILES string of the molecule is CN1CCC(Oc2cc(NS(=O)(=O)c3cc(Br)c(Sc4ccccc4Cl)s3)ccc2C(F)(F)F)C1. The first kappa shape index (κ1) is 26.6. The van der Waals surface area contributed by atoms with E-state index >= 15 is 0 Å². The number of alkyl halides is 3. The number of benzene rings is 2. The molecule has 2 aromatic carbocycles. The zero-order valence-electron chi connectivity index (χ0n) is 18.1. The number of hydrogen-bond acceptors (Lipinski definition) is 6. The summed E-state index contributed by atoms with van der Waals surface area (Å²) in [6.07, 6.45) is -4.47. The molecule has 1 N–H and O–H groups in total. The van der Waals surface area contributed by atoms with Gasteiger partial charge < -0.3 is 9.64 Å². The van der Waals surface area contributed by atoms with Crippen molar-refractivity contribution in [1.82, 2.24) is 4.90 Å². The molecule has 2 heterocycles. The Morgan fingerprint density at radius 2 is 1.97 bits per heavy atom. The second kappa shape index (κ2) is 10.5.